The zero-order valence-electron chi connectivity index (χ0n) is 12.4. The van der Waals surface area contributed by atoms with Gasteiger partial charge in [0.25, 0.3) is 5.89 Å². The predicted octanol–water partition coefficient (Wildman–Crippen LogP) is 3.82. The molecular formula is C17H12ClFN2O3. The largest absolute Gasteiger partial charge is 0.455 e. The maximum absolute atomic E-state index is 12.8. The Morgan fingerprint density at radius 1 is 1.21 bits per heavy atom. The lowest BCUT2D eigenvalue weighted by molar-refractivity contribution is -0.144. The van der Waals surface area contributed by atoms with Crippen LogP contribution in [0, 0.1) is 5.82 Å². The van der Waals surface area contributed by atoms with E-state index in [1.807, 2.05) is 0 Å². The average Bonchev–Trinajstić information content (AvgIpc) is 3.04. The van der Waals surface area contributed by atoms with E-state index in [2.05, 4.69) is 10.1 Å². The molecule has 1 heterocycles. The van der Waals surface area contributed by atoms with Crippen molar-refractivity contribution < 1.29 is 18.4 Å². The van der Waals surface area contributed by atoms with Crippen LogP contribution < -0.4 is 0 Å². The molecule has 0 aliphatic heterocycles. The molecule has 0 radical (unpaired) electrons. The Kier molecular flexibility index (Phi) is 4.86. The van der Waals surface area contributed by atoms with Crippen molar-refractivity contribution in [3.63, 3.8) is 0 Å². The molecule has 3 aromatic rings. The van der Waals surface area contributed by atoms with Gasteiger partial charge < -0.3 is 9.26 Å². The van der Waals surface area contributed by atoms with Gasteiger partial charge in [-0.1, -0.05) is 41.0 Å². The molecule has 0 bridgehead atoms. The SMILES string of the molecule is O=C(Cc1ccc(F)cc1)OCc1nc(-c2cccc(Cl)c2)no1. The zero-order chi connectivity index (χ0) is 16.9. The van der Waals surface area contributed by atoms with Crippen molar-refractivity contribution in [2.24, 2.45) is 0 Å². The van der Waals surface area contributed by atoms with Gasteiger partial charge in [-0.15, -0.1) is 0 Å². The second-order valence-electron chi connectivity index (χ2n) is 4.99. The Morgan fingerprint density at radius 3 is 2.75 bits per heavy atom. The second kappa shape index (κ2) is 7.23. The van der Waals surface area contributed by atoms with E-state index in [0.717, 1.165) is 0 Å². The first-order valence-corrected chi connectivity index (χ1v) is 7.46. The van der Waals surface area contributed by atoms with Crippen LogP contribution in [0.2, 0.25) is 5.02 Å². The van der Waals surface area contributed by atoms with E-state index in [0.29, 0.717) is 22.0 Å². The van der Waals surface area contributed by atoms with Crippen LogP contribution in [0.4, 0.5) is 4.39 Å². The zero-order valence-corrected chi connectivity index (χ0v) is 13.2. The number of nitrogens with zero attached hydrogens (tertiary/aromatic N) is 2. The first-order valence-electron chi connectivity index (χ1n) is 7.09. The summed E-state index contributed by atoms with van der Waals surface area (Å²) >= 11 is 5.91. The lowest BCUT2D eigenvalue weighted by Crippen LogP contribution is -2.08. The fourth-order valence-corrected chi connectivity index (χ4v) is 2.21. The number of rotatable bonds is 5. The fraction of sp³-hybridized carbons (Fsp3) is 0.118. The summed E-state index contributed by atoms with van der Waals surface area (Å²) < 4.78 is 22.9. The van der Waals surface area contributed by atoms with Crippen molar-refractivity contribution in [3.8, 4) is 11.4 Å². The molecule has 0 atom stereocenters. The minimum absolute atomic E-state index is 0.0373. The lowest BCUT2D eigenvalue weighted by atomic mass is 10.1. The molecular weight excluding hydrogens is 335 g/mol. The van der Waals surface area contributed by atoms with Crippen molar-refractivity contribution >= 4 is 17.6 Å². The molecule has 0 saturated heterocycles. The molecule has 24 heavy (non-hydrogen) atoms. The highest BCUT2D eigenvalue weighted by Gasteiger charge is 2.12. The van der Waals surface area contributed by atoms with E-state index in [4.69, 9.17) is 20.9 Å². The van der Waals surface area contributed by atoms with Crippen LogP contribution in [-0.4, -0.2) is 16.1 Å². The van der Waals surface area contributed by atoms with Gasteiger partial charge in [0.1, 0.15) is 5.82 Å². The number of carbonyl (C=O) groups is 1. The van der Waals surface area contributed by atoms with Crippen LogP contribution in [0.15, 0.2) is 53.1 Å². The molecule has 0 N–H and O–H groups in total. The molecule has 2 aromatic carbocycles. The molecule has 0 aliphatic rings. The first kappa shape index (κ1) is 16.1. The average molecular weight is 347 g/mol. The van der Waals surface area contributed by atoms with Crippen LogP contribution >= 0.6 is 11.6 Å². The number of ether oxygens (including phenoxy) is 1. The number of halogens is 2. The maximum Gasteiger partial charge on any atom is 0.310 e. The van der Waals surface area contributed by atoms with Crippen molar-refractivity contribution in [2.75, 3.05) is 0 Å². The monoisotopic (exact) mass is 346 g/mol. The van der Waals surface area contributed by atoms with Gasteiger partial charge in [-0.05, 0) is 29.8 Å². The summed E-state index contributed by atoms with van der Waals surface area (Å²) in [5, 5.41) is 4.38. The summed E-state index contributed by atoms with van der Waals surface area (Å²) in [6.45, 7) is -0.131. The molecule has 0 spiro atoms. The molecule has 0 amide bonds. The molecule has 122 valence electrons. The van der Waals surface area contributed by atoms with Crippen LogP contribution in [-0.2, 0) is 22.6 Å². The summed E-state index contributed by atoms with van der Waals surface area (Å²) in [7, 11) is 0. The summed E-state index contributed by atoms with van der Waals surface area (Å²) in [5.41, 5.74) is 1.36. The minimum atomic E-state index is -0.468. The number of hydrogen-bond donors (Lipinski definition) is 0. The van der Waals surface area contributed by atoms with Crippen LogP contribution in [0.25, 0.3) is 11.4 Å². The number of carbonyl (C=O) groups excluding carboxylic acids is 1. The van der Waals surface area contributed by atoms with Crippen molar-refractivity contribution in [3.05, 3.63) is 70.8 Å². The van der Waals surface area contributed by atoms with E-state index in [1.54, 1.807) is 24.3 Å². The van der Waals surface area contributed by atoms with Crippen molar-refractivity contribution in [1.82, 2.24) is 10.1 Å². The van der Waals surface area contributed by atoms with Crippen LogP contribution in [0.1, 0.15) is 11.5 Å². The molecule has 3 rings (SSSR count). The van der Waals surface area contributed by atoms with Gasteiger partial charge >= 0.3 is 5.97 Å². The Morgan fingerprint density at radius 2 is 2.00 bits per heavy atom. The van der Waals surface area contributed by atoms with E-state index in [1.165, 1.54) is 24.3 Å². The summed E-state index contributed by atoms with van der Waals surface area (Å²) in [6, 6.07) is 12.6. The molecule has 5 nitrogen and oxygen atoms in total. The third-order valence-electron chi connectivity index (χ3n) is 3.17. The standard InChI is InChI=1S/C17H12ClFN2O3/c18-13-3-1-2-12(9-13)17-20-15(24-21-17)10-23-16(22)8-11-4-6-14(19)7-5-11/h1-7,9H,8,10H2. The highest BCUT2D eigenvalue weighted by Crippen LogP contribution is 2.20. The molecule has 0 fully saturated rings. The van der Waals surface area contributed by atoms with Crippen LogP contribution in [0.3, 0.4) is 0 Å². The summed E-state index contributed by atoms with van der Waals surface area (Å²) in [6.07, 6.45) is 0.0373. The highest BCUT2D eigenvalue weighted by molar-refractivity contribution is 6.30. The normalized spacial score (nSPS) is 10.6. The van der Waals surface area contributed by atoms with Crippen LogP contribution in [0.5, 0.6) is 0 Å². The van der Waals surface area contributed by atoms with Crippen molar-refractivity contribution in [2.45, 2.75) is 13.0 Å². The third-order valence-corrected chi connectivity index (χ3v) is 3.40. The van der Waals surface area contributed by atoms with E-state index >= 15 is 0 Å². The number of benzene rings is 2. The van der Waals surface area contributed by atoms with Gasteiger partial charge in [-0.25, -0.2) is 4.39 Å². The molecule has 0 unspecified atom stereocenters. The van der Waals surface area contributed by atoms with Gasteiger partial charge in [0.05, 0.1) is 6.42 Å². The van der Waals surface area contributed by atoms with E-state index in [9.17, 15) is 9.18 Å². The predicted molar refractivity (Wildman–Crippen MR) is 84.6 cm³/mol. The Hall–Kier alpha value is -2.73. The van der Waals surface area contributed by atoms with Crippen molar-refractivity contribution in [1.29, 1.82) is 0 Å². The topological polar surface area (TPSA) is 65.2 Å². The first-order chi connectivity index (χ1) is 11.6. The third kappa shape index (κ3) is 4.17. The maximum atomic E-state index is 12.8. The number of aromatic nitrogens is 2. The van der Waals surface area contributed by atoms with Gasteiger partial charge in [-0.3, -0.25) is 4.79 Å². The Bertz CT molecular complexity index is 849. The molecule has 0 saturated carbocycles. The van der Waals surface area contributed by atoms with Gasteiger partial charge in [0.2, 0.25) is 5.82 Å². The molecule has 1 aromatic heterocycles. The summed E-state index contributed by atoms with van der Waals surface area (Å²) in [5.74, 6) is -0.282. The lowest BCUT2D eigenvalue weighted by Gasteiger charge is -2.02. The highest BCUT2D eigenvalue weighted by atomic mass is 35.5. The second-order valence-corrected chi connectivity index (χ2v) is 5.42. The minimum Gasteiger partial charge on any atom is -0.455 e. The molecule has 0 aliphatic carbocycles. The summed E-state index contributed by atoms with van der Waals surface area (Å²) in [4.78, 5) is 15.9. The fourth-order valence-electron chi connectivity index (χ4n) is 2.02. The Labute approximate surface area is 142 Å². The molecule has 7 heteroatoms. The smallest absolute Gasteiger partial charge is 0.310 e. The van der Waals surface area contributed by atoms with E-state index in [-0.39, 0.29) is 24.7 Å². The van der Waals surface area contributed by atoms with Gasteiger partial charge in [0.15, 0.2) is 6.61 Å². The number of esters is 1. The van der Waals surface area contributed by atoms with Gasteiger partial charge in [-0.2, -0.15) is 4.98 Å². The van der Waals surface area contributed by atoms with E-state index < -0.39 is 5.97 Å². The number of hydrogen-bond acceptors (Lipinski definition) is 5. The Balaban J connectivity index is 1.57. The quantitative estimate of drug-likeness (QED) is 0.657. The van der Waals surface area contributed by atoms with Gasteiger partial charge in [0, 0.05) is 10.6 Å².